The molecule has 0 aliphatic carbocycles. The summed E-state index contributed by atoms with van der Waals surface area (Å²) in [4.78, 5) is 44.0. The minimum absolute atomic E-state index is 0.00792. The lowest BCUT2D eigenvalue weighted by Crippen LogP contribution is -2.51. The quantitative estimate of drug-likeness (QED) is 0.698. The van der Waals surface area contributed by atoms with E-state index in [1.165, 1.54) is 0 Å². The number of hydrogen-bond acceptors (Lipinski definition) is 5. The van der Waals surface area contributed by atoms with Crippen molar-refractivity contribution >= 4 is 17.7 Å². The number of primary amides is 1. The Labute approximate surface area is 171 Å². The van der Waals surface area contributed by atoms with Crippen LogP contribution in [0.15, 0.2) is 24.5 Å². The van der Waals surface area contributed by atoms with Crippen molar-refractivity contribution < 1.29 is 14.4 Å². The zero-order valence-corrected chi connectivity index (χ0v) is 16.9. The lowest BCUT2D eigenvalue weighted by Gasteiger charge is -2.42. The van der Waals surface area contributed by atoms with Crippen LogP contribution in [0.1, 0.15) is 44.1 Å². The van der Waals surface area contributed by atoms with Gasteiger partial charge in [0.25, 0.3) is 0 Å². The minimum atomic E-state index is -0.436. The monoisotopic (exact) mass is 401 g/mol. The Morgan fingerprint density at radius 1 is 1.14 bits per heavy atom. The van der Waals surface area contributed by atoms with Crippen LogP contribution in [0.25, 0.3) is 0 Å². The molecule has 8 nitrogen and oxygen atoms in total. The van der Waals surface area contributed by atoms with Gasteiger partial charge in [-0.15, -0.1) is 0 Å². The van der Waals surface area contributed by atoms with Gasteiger partial charge in [0, 0.05) is 57.5 Å². The number of nitrogens with one attached hydrogen (secondary N) is 1. The Bertz CT molecular complexity index is 704. The molecule has 29 heavy (non-hydrogen) atoms. The van der Waals surface area contributed by atoms with E-state index in [1.807, 2.05) is 17.0 Å². The first kappa shape index (κ1) is 21.2. The summed E-state index contributed by atoms with van der Waals surface area (Å²) < 4.78 is 0. The second-order valence-corrected chi connectivity index (χ2v) is 7.99. The topological polar surface area (TPSA) is 109 Å². The fourth-order valence-electron chi connectivity index (χ4n) is 4.26. The molecule has 2 fully saturated rings. The van der Waals surface area contributed by atoms with Crippen molar-refractivity contribution in [3.8, 4) is 0 Å². The van der Waals surface area contributed by atoms with Crippen molar-refractivity contribution in [2.24, 2.45) is 11.7 Å². The molecule has 3 rings (SSSR count). The van der Waals surface area contributed by atoms with Crippen LogP contribution in [0.2, 0.25) is 0 Å². The maximum absolute atomic E-state index is 12.6. The second-order valence-electron chi connectivity index (χ2n) is 7.99. The molecule has 2 aliphatic rings. The van der Waals surface area contributed by atoms with E-state index in [0.717, 1.165) is 44.3 Å². The Morgan fingerprint density at radius 2 is 1.93 bits per heavy atom. The second kappa shape index (κ2) is 10.3. The summed E-state index contributed by atoms with van der Waals surface area (Å²) in [5, 5.41) is 3.04. The molecule has 0 spiro atoms. The standard InChI is InChI=1S/C21H31N5O3/c22-19(27)5-6-20(28)25-11-7-18(8-12-25)26-10-2-4-17(15-26)21(29)24-14-16-3-1-9-23-13-16/h1,3,9,13,17-18H,2,4-8,10-12,14-15H2,(H2,22,27)(H,24,29)/t17-/m0/s1. The normalized spacial score (nSPS) is 21.0. The molecule has 0 bridgehead atoms. The van der Waals surface area contributed by atoms with Gasteiger partial charge >= 0.3 is 0 Å². The van der Waals surface area contributed by atoms with Gasteiger partial charge in [0.1, 0.15) is 0 Å². The van der Waals surface area contributed by atoms with Gasteiger partial charge in [-0.25, -0.2) is 0 Å². The van der Waals surface area contributed by atoms with E-state index in [0.29, 0.717) is 25.7 Å². The summed E-state index contributed by atoms with van der Waals surface area (Å²) in [6.45, 7) is 3.70. The van der Waals surface area contributed by atoms with Gasteiger partial charge in [-0.3, -0.25) is 24.3 Å². The molecule has 3 heterocycles. The van der Waals surface area contributed by atoms with Gasteiger partial charge in [-0.1, -0.05) is 6.07 Å². The third-order valence-electron chi connectivity index (χ3n) is 5.93. The highest BCUT2D eigenvalue weighted by atomic mass is 16.2. The largest absolute Gasteiger partial charge is 0.370 e. The number of nitrogens with zero attached hydrogens (tertiary/aromatic N) is 3. The van der Waals surface area contributed by atoms with E-state index in [-0.39, 0.29) is 30.6 Å². The molecular formula is C21H31N5O3. The molecule has 0 aromatic carbocycles. The number of aromatic nitrogens is 1. The smallest absolute Gasteiger partial charge is 0.224 e. The summed E-state index contributed by atoms with van der Waals surface area (Å²) in [5.41, 5.74) is 6.13. The SMILES string of the molecule is NC(=O)CCC(=O)N1CCC(N2CCC[C@H](C(=O)NCc3cccnc3)C2)CC1. The van der Waals surface area contributed by atoms with Gasteiger partial charge in [0.15, 0.2) is 0 Å². The number of carbonyl (C=O) groups is 3. The van der Waals surface area contributed by atoms with E-state index in [9.17, 15) is 14.4 Å². The first-order valence-electron chi connectivity index (χ1n) is 10.5. The lowest BCUT2D eigenvalue weighted by atomic mass is 9.93. The van der Waals surface area contributed by atoms with Crippen LogP contribution in [-0.2, 0) is 20.9 Å². The number of carbonyl (C=O) groups excluding carboxylic acids is 3. The fraction of sp³-hybridized carbons (Fsp3) is 0.619. The van der Waals surface area contributed by atoms with Crippen molar-refractivity contribution in [3.05, 3.63) is 30.1 Å². The van der Waals surface area contributed by atoms with Gasteiger partial charge in [-0.05, 0) is 43.9 Å². The van der Waals surface area contributed by atoms with Crippen molar-refractivity contribution in [2.75, 3.05) is 26.2 Å². The third-order valence-corrected chi connectivity index (χ3v) is 5.93. The van der Waals surface area contributed by atoms with Crippen molar-refractivity contribution in [1.29, 1.82) is 0 Å². The maximum Gasteiger partial charge on any atom is 0.224 e. The predicted octanol–water partition coefficient (Wildman–Crippen LogP) is 0.666. The molecule has 0 radical (unpaired) electrons. The van der Waals surface area contributed by atoms with E-state index in [2.05, 4.69) is 15.2 Å². The Morgan fingerprint density at radius 3 is 2.62 bits per heavy atom. The summed E-state index contributed by atoms with van der Waals surface area (Å²) in [7, 11) is 0. The van der Waals surface area contributed by atoms with Crippen molar-refractivity contribution in [2.45, 2.75) is 51.1 Å². The number of likely N-dealkylation sites (tertiary alicyclic amines) is 2. The predicted molar refractivity (Wildman–Crippen MR) is 108 cm³/mol. The molecule has 8 heteroatoms. The average Bonchev–Trinajstić information content (AvgIpc) is 2.76. The van der Waals surface area contributed by atoms with Crippen LogP contribution in [-0.4, -0.2) is 64.7 Å². The first-order chi connectivity index (χ1) is 14.0. The molecule has 3 N–H and O–H groups in total. The van der Waals surface area contributed by atoms with E-state index in [4.69, 9.17) is 5.73 Å². The summed E-state index contributed by atoms with van der Waals surface area (Å²) in [5.74, 6) is -0.309. The number of rotatable bonds is 7. The third kappa shape index (κ3) is 6.25. The van der Waals surface area contributed by atoms with E-state index in [1.54, 1.807) is 12.4 Å². The minimum Gasteiger partial charge on any atom is -0.370 e. The fourth-order valence-corrected chi connectivity index (χ4v) is 4.26. The number of hydrogen-bond donors (Lipinski definition) is 2. The van der Waals surface area contributed by atoms with Crippen LogP contribution in [0.4, 0.5) is 0 Å². The Hall–Kier alpha value is -2.48. The van der Waals surface area contributed by atoms with Crippen LogP contribution in [0.3, 0.4) is 0 Å². The maximum atomic E-state index is 12.6. The molecule has 3 amide bonds. The molecule has 1 aromatic heterocycles. The summed E-state index contributed by atoms with van der Waals surface area (Å²) in [6, 6.07) is 4.23. The highest BCUT2D eigenvalue weighted by Gasteiger charge is 2.32. The van der Waals surface area contributed by atoms with Crippen LogP contribution in [0, 0.1) is 5.92 Å². The van der Waals surface area contributed by atoms with Gasteiger partial charge in [-0.2, -0.15) is 0 Å². The van der Waals surface area contributed by atoms with Crippen molar-refractivity contribution in [3.63, 3.8) is 0 Å². The van der Waals surface area contributed by atoms with Crippen molar-refractivity contribution in [1.82, 2.24) is 20.1 Å². The first-order valence-corrected chi connectivity index (χ1v) is 10.5. The molecule has 0 unspecified atom stereocenters. The summed E-state index contributed by atoms with van der Waals surface area (Å²) in [6.07, 6.45) is 7.55. The molecule has 1 atom stereocenters. The van der Waals surface area contributed by atoms with Crippen LogP contribution in [0.5, 0.6) is 0 Å². The van der Waals surface area contributed by atoms with E-state index < -0.39 is 5.91 Å². The van der Waals surface area contributed by atoms with Gasteiger partial charge < -0.3 is 16.0 Å². The summed E-state index contributed by atoms with van der Waals surface area (Å²) >= 11 is 0. The molecule has 0 saturated carbocycles. The molecule has 2 aliphatic heterocycles. The Kier molecular flexibility index (Phi) is 7.57. The molecule has 2 saturated heterocycles. The molecular weight excluding hydrogens is 370 g/mol. The highest BCUT2D eigenvalue weighted by molar-refractivity contribution is 5.83. The average molecular weight is 402 g/mol. The van der Waals surface area contributed by atoms with Crippen LogP contribution >= 0.6 is 0 Å². The number of pyridine rings is 1. The molecule has 158 valence electrons. The number of nitrogens with two attached hydrogens (primary N) is 1. The van der Waals surface area contributed by atoms with Gasteiger partial charge in [0.2, 0.25) is 17.7 Å². The van der Waals surface area contributed by atoms with E-state index >= 15 is 0 Å². The lowest BCUT2D eigenvalue weighted by molar-refractivity contribution is -0.134. The number of piperidine rings is 2. The molecule has 1 aromatic rings. The Balaban J connectivity index is 1.43. The van der Waals surface area contributed by atoms with Gasteiger partial charge in [0.05, 0.1) is 5.92 Å². The van der Waals surface area contributed by atoms with Crippen LogP contribution < -0.4 is 11.1 Å². The zero-order chi connectivity index (χ0) is 20.6. The highest BCUT2D eigenvalue weighted by Crippen LogP contribution is 2.24. The zero-order valence-electron chi connectivity index (χ0n) is 16.9. The number of amides is 3.